The number of anilines is 1. The van der Waals surface area contributed by atoms with Crippen LogP contribution in [0, 0.1) is 0 Å². The largest absolute Gasteiger partial charge is 0.348 e. The van der Waals surface area contributed by atoms with Gasteiger partial charge in [0.05, 0.1) is 11.5 Å². The number of carbonyl (C=O) groups excluding carboxylic acids is 2. The van der Waals surface area contributed by atoms with Gasteiger partial charge in [0.25, 0.3) is 11.8 Å². The lowest BCUT2D eigenvalue weighted by Gasteiger charge is -2.21. The topological polar surface area (TPSA) is 83.6 Å². The molecule has 1 heterocycles. The van der Waals surface area contributed by atoms with Crippen molar-refractivity contribution in [3.63, 3.8) is 0 Å². The molecule has 0 radical (unpaired) electrons. The van der Waals surface area contributed by atoms with Crippen LogP contribution in [0.3, 0.4) is 0 Å². The van der Waals surface area contributed by atoms with Crippen LogP contribution < -0.4 is 10.2 Å². The zero-order valence-electron chi connectivity index (χ0n) is 15.1. The molecule has 1 aliphatic heterocycles. The lowest BCUT2D eigenvalue weighted by Crippen LogP contribution is -2.35. The first-order valence-corrected chi connectivity index (χ1v) is 10.7. The Balaban J connectivity index is 1.69. The highest BCUT2D eigenvalue weighted by molar-refractivity contribution is 7.91. The van der Waals surface area contributed by atoms with Gasteiger partial charge in [-0.15, -0.1) is 0 Å². The third-order valence-corrected chi connectivity index (χ3v) is 6.36. The Bertz CT molecular complexity index is 924. The third-order valence-electron chi connectivity index (χ3n) is 4.59. The molecule has 1 N–H and O–H groups in total. The number of hydrogen-bond acceptors (Lipinski definition) is 4. The van der Waals surface area contributed by atoms with E-state index in [0.717, 1.165) is 5.69 Å². The van der Waals surface area contributed by atoms with Crippen molar-refractivity contribution in [1.82, 2.24) is 5.32 Å². The van der Waals surface area contributed by atoms with Gasteiger partial charge in [0.1, 0.15) is 0 Å². The molecule has 1 saturated heterocycles. The second-order valence-corrected chi connectivity index (χ2v) is 8.76. The maximum atomic E-state index is 12.8. The SMILES string of the molecule is CCN(C(=O)c1ccc(C(=O)NC2CCS(=O)(=O)C2)cc1)c1ccccc1. The van der Waals surface area contributed by atoms with Crippen LogP contribution in [0.25, 0.3) is 0 Å². The minimum absolute atomic E-state index is 0.0160. The number of para-hydroxylation sites is 1. The Kier molecular flexibility index (Phi) is 5.60. The number of hydrogen-bond donors (Lipinski definition) is 1. The van der Waals surface area contributed by atoms with E-state index in [2.05, 4.69) is 5.32 Å². The lowest BCUT2D eigenvalue weighted by molar-refractivity contribution is 0.0938. The lowest BCUT2D eigenvalue weighted by atomic mass is 10.1. The van der Waals surface area contributed by atoms with Crippen molar-refractivity contribution in [3.05, 3.63) is 65.7 Å². The average molecular weight is 386 g/mol. The predicted octanol–water partition coefficient (Wildman–Crippen LogP) is 2.27. The molecule has 7 heteroatoms. The van der Waals surface area contributed by atoms with Crippen molar-refractivity contribution in [1.29, 1.82) is 0 Å². The van der Waals surface area contributed by atoms with Crippen LogP contribution in [0.5, 0.6) is 0 Å². The molecule has 27 heavy (non-hydrogen) atoms. The van der Waals surface area contributed by atoms with Gasteiger partial charge < -0.3 is 10.2 Å². The molecule has 1 aliphatic rings. The first-order valence-electron chi connectivity index (χ1n) is 8.88. The van der Waals surface area contributed by atoms with Crippen molar-refractivity contribution in [3.8, 4) is 0 Å². The summed E-state index contributed by atoms with van der Waals surface area (Å²) in [4.78, 5) is 26.7. The van der Waals surface area contributed by atoms with E-state index in [1.165, 1.54) is 0 Å². The molecule has 1 atom stereocenters. The number of nitrogens with one attached hydrogen (secondary N) is 1. The average Bonchev–Trinajstić information content (AvgIpc) is 3.01. The minimum Gasteiger partial charge on any atom is -0.348 e. The van der Waals surface area contributed by atoms with Crippen LogP contribution in [0.2, 0.25) is 0 Å². The first kappa shape index (κ1) is 19.1. The van der Waals surface area contributed by atoms with Crippen LogP contribution >= 0.6 is 0 Å². The molecule has 0 spiro atoms. The van der Waals surface area contributed by atoms with Crippen molar-refractivity contribution < 1.29 is 18.0 Å². The standard InChI is InChI=1S/C20H22N2O4S/c1-2-22(18-6-4-3-5-7-18)20(24)16-10-8-15(9-11-16)19(23)21-17-12-13-27(25,26)14-17/h3-11,17H,2,12-14H2,1H3,(H,21,23). The van der Waals surface area contributed by atoms with E-state index in [1.54, 1.807) is 29.2 Å². The van der Waals surface area contributed by atoms with Gasteiger partial charge in [0.2, 0.25) is 0 Å². The zero-order valence-corrected chi connectivity index (χ0v) is 15.9. The highest BCUT2D eigenvalue weighted by atomic mass is 32.2. The fourth-order valence-corrected chi connectivity index (χ4v) is 4.82. The molecule has 2 amide bonds. The van der Waals surface area contributed by atoms with Crippen LogP contribution in [-0.2, 0) is 9.84 Å². The number of benzene rings is 2. The fourth-order valence-electron chi connectivity index (χ4n) is 3.15. The fraction of sp³-hybridized carbons (Fsp3) is 0.300. The van der Waals surface area contributed by atoms with Crippen molar-refractivity contribution >= 4 is 27.3 Å². The highest BCUT2D eigenvalue weighted by Gasteiger charge is 2.29. The smallest absolute Gasteiger partial charge is 0.258 e. The molecule has 3 rings (SSSR count). The Hall–Kier alpha value is -2.67. The minimum atomic E-state index is -3.04. The molecule has 1 fully saturated rings. The quantitative estimate of drug-likeness (QED) is 0.854. The van der Waals surface area contributed by atoms with Gasteiger partial charge in [-0.05, 0) is 49.7 Å². The second-order valence-electron chi connectivity index (χ2n) is 6.54. The Morgan fingerprint density at radius 1 is 1.04 bits per heavy atom. The second kappa shape index (κ2) is 7.92. The normalized spacial score (nSPS) is 18.0. The van der Waals surface area contributed by atoms with Gasteiger partial charge in [0.15, 0.2) is 9.84 Å². The molecule has 2 aromatic rings. The summed E-state index contributed by atoms with van der Waals surface area (Å²) in [6, 6.07) is 15.5. The van der Waals surface area contributed by atoms with Crippen LogP contribution in [0.15, 0.2) is 54.6 Å². The summed E-state index contributed by atoms with van der Waals surface area (Å²) < 4.78 is 23.0. The van der Waals surface area contributed by atoms with Gasteiger partial charge in [0, 0.05) is 29.4 Å². The maximum Gasteiger partial charge on any atom is 0.258 e. The number of amides is 2. The summed E-state index contributed by atoms with van der Waals surface area (Å²) in [5.41, 5.74) is 1.70. The molecule has 0 aromatic heterocycles. The van der Waals surface area contributed by atoms with Crippen molar-refractivity contribution in [2.75, 3.05) is 23.0 Å². The summed E-state index contributed by atoms with van der Waals surface area (Å²) in [7, 11) is -3.04. The van der Waals surface area contributed by atoms with Crippen LogP contribution in [-0.4, -0.2) is 44.3 Å². The molecule has 0 bridgehead atoms. The zero-order chi connectivity index (χ0) is 19.4. The number of nitrogens with zero attached hydrogens (tertiary/aromatic N) is 1. The van der Waals surface area contributed by atoms with Gasteiger partial charge in [-0.3, -0.25) is 9.59 Å². The molecule has 0 aliphatic carbocycles. The van der Waals surface area contributed by atoms with Gasteiger partial charge in [-0.1, -0.05) is 18.2 Å². The van der Waals surface area contributed by atoms with E-state index in [1.807, 2.05) is 37.3 Å². The third kappa shape index (κ3) is 4.54. The maximum absolute atomic E-state index is 12.8. The summed E-state index contributed by atoms with van der Waals surface area (Å²) >= 11 is 0. The molecule has 2 aromatic carbocycles. The van der Waals surface area contributed by atoms with E-state index in [0.29, 0.717) is 24.1 Å². The highest BCUT2D eigenvalue weighted by Crippen LogP contribution is 2.17. The van der Waals surface area contributed by atoms with Crippen LogP contribution in [0.1, 0.15) is 34.1 Å². The molecular weight excluding hydrogens is 364 g/mol. The Labute approximate surface area is 159 Å². The van der Waals surface area contributed by atoms with Gasteiger partial charge in [-0.25, -0.2) is 8.42 Å². The van der Waals surface area contributed by atoms with E-state index < -0.39 is 9.84 Å². The Morgan fingerprint density at radius 2 is 1.67 bits per heavy atom. The molecular formula is C20H22N2O4S. The summed E-state index contributed by atoms with van der Waals surface area (Å²) in [5.74, 6) is -0.376. The van der Waals surface area contributed by atoms with Gasteiger partial charge >= 0.3 is 0 Å². The van der Waals surface area contributed by atoms with E-state index in [9.17, 15) is 18.0 Å². The number of sulfone groups is 1. The summed E-state index contributed by atoms with van der Waals surface area (Å²) in [6.07, 6.45) is 0.438. The molecule has 6 nitrogen and oxygen atoms in total. The van der Waals surface area contributed by atoms with Crippen molar-refractivity contribution in [2.45, 2.75) is 19.4 Å². The van der Waals surface area contributed by atoms with Gasteiger partial charge in [-0.2, -0.15) is 0 Å². The predicted molar refractivity (Wildman–Crippen MR) is 105 cm³/mol. The molecule has 1 unspecified atom stereocenters. The molecule has 0 saturated carbocycles. The first-order chi connectivity index (χ1) is 12.9. The van der Waals surface area contributed by atoms with Crippen molar-refractivity contribution in [2.24, 2.45) is 0 Å². The van der Waals surface area contributed by atoms with Crippen LogP contribution in [0.4, 0.5) is 5.69 Å². The summed E-state index contributed by atoms with van der Waals surface area (Å²) in [5, 5.41) is 2.75. The summed E-state index contributed by atoms with van der Waals surface area (Å²) in [6.45, 7) is 2.43. The van der Waals surface area contributed by atoms with E-state index in [-0.39, 0.29) is 29.4 Å². The van der Waals surface area contributed by atoms with E-state index in [4.69, 9.17) is 0 Å². The van der Waals surface area contributed by atoms with E-state index >= 15 is 0 Å². The number of rotatable bonds is 5. The monoisotopic (exact) mass is 386 g/mol. The molecule has 142 valence electrons. The Morgan fingerprint density at radius 3 is 2.22 bits per heavy atom. The number of carbonyl (C=O) groups is 2.